The summed E-state index contributed by atoms with van der Waals surface area (Å²) in [5.41, 5.74) is 19.4. The van der Waals surface area contributed by atoms with Crippen LogP contribution in [0.5, 0.6) is 0 Å². The fourth-order valence-electron chi connectivity index (χ4n) is 4.85. The Hall–Kier alpha value is -1.82. The van der Waals surface area contributed by atoms with E-state index in [0.29, 0.717) is 0 Å². The summed E-state index contributed by atoms with van der Waals surface area (Å²) in [6.45, 7) is 6.74. The molecule has 0 saturated heterocycles. The molecule has 35 heavy (non-hydrogen) atoms. The van der Waals surface area contributed by atoms with Crippen LogP contribution in [0.15, 0.2) is 60.2 Å². The van der Waals surface area contributed by atoms with Gasteiger partial charge in [-0.15, -0.1) is 0 Å². The van der Waals surface area contributed by atoms with Crippen molar-refractivity contribution >= 4 is 11.4 Å². The molecule has 1 aliphatic rings. The van der Waals surface area contributed by atoms with E-state index in [9.17, 15) is 5.53 Å². The summed E-state index contributed by atoms with van der Waals surface area (Å²) in [6, 6.07) is 17.6. The maximum atomic E-state index is 11.3. The van der Waals surface area contributed by atoms with Gasteiger partial charge in [-0.1, -0.05) is 90.0 Å². The Balaban J connectivity index is 0.00000432. The predicted molar refractivity (Wildman–Crippen MR) is 147 cm³/mol. The zero-order valence-corrected chi connectivity index (χ0v) is 23.7. The van der Waals surface area contributed by atoms with Crippen LogP contribution < -0.4 is 0 Å². The number of nitrogens with zero attached hydrogens (tertiary/aromatic N) is 2. The molecule has 2 aromatic carbocycles. The van der Waals surface area contributed by atoms with Gasteiger partial charge in [0.25, 0.3) is 0 Å². The minimum Gasteiger partial charge on any atom is -0.493 e. The van der Waals surface area contributed by atoms with E-state index in [4.69, 9.17) is 0 Å². The van der Waals surface area contributed by atoms with Crippen LogP contribution in [-0.4, -0.2) is 4.70 Å². The van der Waals surface area contributed by atoms with Gasteiger partial charge in [-0.3, -0.25) is 0 Å². The number of rotatable bonds is 15. The fraction of sp³-hybridized carbons (Fsp3) is 0.500. The van der Waals surface area contributed by atoms with Gasteiger partial charge in [-0.25, -0.2) is 4.70 Å². The third-order valence-corrected chi connectivity index (χ3v) is 6.94. The van der Waals surface area contributed by atoms with Crippen molar-refractivity contribution in [2.75, 3.05) is 0 Å². The Morgan fingerprint density at radius 1 is 0.629 bits per heavy atom. The van der Waals surface area contributed by atoms with Crippen LogP contribution >= 0.6 is 0 Å². The molecule has 3 rings (SSSR count). The van der Waals surface area contributed by atoms with E-state index < -0.39 is 0 Å². The molecule has 0 spiro atoms. The SMILES string of the molecule is CCCCCCc1ccc(C2=C(CCCC)C=C(c3cccc(CCCCCC)c3)[N+]2=[N-])cc1.[Pd]. The summed E-state index contributed by atoms with van der Waals surface area (Å²) in [4.78, 5) is 0. The second-order valence-electron chi connectivity index (χ2n) is 9.84. The summed E-state index contributed by atoms with van der Waals surface area (Å²) in [6.07, 6.45) is 18.0. The smallest absolute Gasteiger partial charge is 0.210 e. The van der Waals surface area contributed by atoms with Crippen LogP contribution in [0.3, 0.4) is 0 Å². The first kappa shape index (κ1) is 29.4. The Morgan fingerprint density at radius 2 is 1.26 bits per heavy atom. The minimum absolute atomic E-state index is 0. The normalized spacial score (nSPS) is 13.2. The molecule has 0 aromatic heterocycles. The van der Waals surface area contributed by atoms with E-state index in [2.05, 4.69) is 75.4 Å². The van der Waals surface area contributed by atoms with E-state index in [1.54, 1.807) is 0 Å². The van der Waals surface area contributed by atoms with Crippen LogP contribution in [-0.2, 0) is 33.3 Å². The van der Waals surface area contributed by atoms with Crippen LogP contribution in [0.2, 0.25) is 0 Å². The molecular formula is C32H44N2Pd. The van der Waals surface area contributed by atoms with Crippen LogP contribution in [0.25, 0.3) is 16.9 Å². The fourth-order valence-corrected chi connectivity index (χ4v) is 4.85. The van der Waals surface area contributed by atoms with Crippen molar-refractivity contribution in [1.29, 1.82) is 0 Å². The van der Waals surface area contributed by atoms with Crippen molar-refractivity contribution in [2.45, 2.75) is 104 Å². The molecule has 0 aliphatic carbocycles. The molecule has 0 radical (unpaired) electrons. The van der Waals surface area contributed by atoms with E-state index in [0.717, 1.165) is 54.6 Å². The predicted octanol–water partition coefficient (Wildman–Crippen LogP) is 9.92. The van der Waals surface area contributed by atoms with E-state index in [1.165, 1.54) is 72.8 Å². The van der Waals surface area contributed by atoms with Crippen LogP contribution in [0, 0.1) is 0 Å². The van der Waals surface area contributed by atoms with Gasteiger partial charge in [0.1, 0.15) is 0 Å². The zero-order chi connectivity index (χ0) is 24.2. The first-order valence-corrected chi connectivity index (χ1v) is 13.8. The third kappa shape index (κ3) is 8.66. The summed E-state index contributed by atoms with van der Waals surface area (Å²) < 4.78 is 1.44. The van der Waals surface area contributed by atoms with Gasteiger partial charge in [0.2, 0.25) is 11.4 Å². The van der Waals surface area contributed by atoms with Crippen molar-refractivity contribution in [3.63, 3.8) is 0 Å². The van der Waals surface area contributed by atoms with Crippen molar-refractivity contribution in [1.82, 2.24) is 0 Å². The summed E-state index contributed by atoms with van der Waals surface area (Å²) >= 11 is 0. The molecule has 0 unspecified atom stereocenters. The van der Waals surface area contributed by atoms with Gasteiger partial charge in [-0.05, 0) is 73.9 Å². The van der Waals surface area contributed by atoms with Gasteiger partial charge in [-0.2, -0.15) is 0 Å². The molecule has 0 fully saturated rings. The summed E-state index contributed by atoms with van der Waals surface area (Å²) in [7, 11) is 0. The monoisotopic (exact) mass is 562 g/mol. The number of allylic oxidation sites excluding steroid dienone is 2. The Labute approximate surface area is 228 Å². The van der Waals surface area contributed by atoms with Gasteiger partial charge in [0, 0.05) is 43.2 Å². The van der Waals surface area contributed by atoms with Gasteiger partial charge in [0.05, 0.1) is 0 Å². The Morgan fingerprint density at radius 3 is 1.89 bits per heavy atom. The van der Waals surface area contributed by atoms with Crippen molar-refractivity contribution in [3.8, 4) is 0 Å². The standard InChI is InChI=1S/C32H44N2.Pd/c1-4-7-10-12-15-26-20-22-28(23-21-26)32-30(18-9-6-3)25-31(34(32)33)29-19-14-17-27(24-29)16-13-11-8-5-2;/h14,17,19-25H,4-13,15-16,18H2,1-3H3;. The number of unbranched alkanes of at least 4 members (excludes halogenated alkanes) is 7. The molecule has 0 N–H and O–H groups in total. The average molecular weight is 563 g/mol. The third-order valence-electron chi connectivity index (χ3n) is 6.94. The molecular weight excluding hydrogens is 519 g/mol. The molecule has 0 saturated carbocycles. The minimum atomic E-state index is 0. The first-order chi connectivity index (χ1) is 16.7. The number of hydrogen-bond donors (Lipinski definition) is 0. The first-order valence-electron chi connectivity index (χ1n) is 13.8. The van der Waals surface area contributed by atoms with Crippen LogP contribution in [0.1, 0.15) is 114 Å². The maximum Gasteiger partial charge on any atom is 0.210 e. The number of benzene rings is 2. The molecule has 0 bridgehead atoms. The maximum absolute atomic E-state index is 11.3. The van der Waals surface area contributed by atoms with Crippen molar-refractivity contribution in [2.24, 2.45) is 0 Å². The summed E-state index contributed by atoms with van der Waals surface area (Å²) in [5.74, 6) is 0. The molecule has 1 heterocycles. The van der Waals surface area contributed by atoms with Crippen LogP contribution in [0.4, 0.5) is 0 Å². The molecule has 2 nitrogen and oxygen atoms in total. The molecule has 192 valence electrons. The number of aryl methyl sites for hydroxylation is 2. The second kappa shape index (κ2) is 16.0. The molecule has 2 aromatic rings. The molecule has 3 heteroatoms. The second-order valence-corrected chi connectivity index (χ2v) is 9.84. The quantitative estimate of drug-likeness (QED) is 0.117. The van der Waals surface area contributed by atoms with E-state index >= 15 is 0 Å². The largest absolute Gasteiger partial charge is 0.493 e. The van der Waals surface area contributed by atoms with Gasteiger partial charge in [0.15, 0.2) is 0 Å². The average Bonchev–Trinajstić information content (AvgIpc) is 3.19. The van der Waals surface area contributed by atoms with E-state index in [1.807, 2.05) is 0 Å². The Kier molecular flexibility index (Phi) is 13.5. The molecule has 0 atom stereocenters. The van der Waals surface area contributed by atoms with Crippen molar-refractivity contribution < 1.29 is 25.1 Å². The van der Waals surface area contributed by atoms with Gasteiger partial charge >= 0.3 is 0 Å². The molecule has 0 amide bonds. The molecule has 1 aliphatic heterocycles. The number of hydrogen-bond acceptors (Lipinski definition) is 0. The topological polar surface area (TPSA) is 25.3 Å². The van der Waals surface area contributed by atoms with E-state index in [-0.39, 0.29) is 20.4 Å². The zero-order valence-electron chi connectivity index (χ0n) is 22.1. The van der Waals surface area contributed by atoms with Crippen molar-refractivity contribution in [3.05, 3.63) is 88.0 Å². The van der Waals surface area contributed by atoms with Gasteiger partial charge < -0.3 is 5.53 Å². The Bertz CT molecular complexity index is 985. The summed E-state index contributed by atoms with van der Waals surface area (Å²) in [5, 5.41) is 0.